The van der Waals surface area contributed by atoms with Crippen molar-refractivity contribution >= 4 is 28.1 Å². The summed E-state index contributed by atoms with van der Waals surface area (Å²) in [6.07, 6.45) is 6.89. The molecule has 10 heteroatoms. The highest BCUT2D eigenvalue weighted by Crippen LogP contribution is 2.26. The Labute approximate surface area is 153 Å². The Hall–Kier alpha value is -1.29. The molecular formula is C15H23ClFN3O4S. The van der Waals surface area contributed by atoms with Crippen molar-refractivity contribution in [3.05, 3.63) is 34.1 Å². The Morgan fingerprint density at radius 1 is 1.16 bits per heavy atom. The van der Waals surface area contributed by atoms with Gasteiger partial charge in [0.15, 0.2) is 4.90 Å². The molecule has 0 atom stereocenters. The molecule has 0 aliphatic heterocycles. The predicted octanol–water partition coefficient (Wildman–Crippen LogP) is 2.75. The monoisotopic (exact) mass is 395 g/mol. The van der Waals surface area contributed by atoms with Gasteiger partial charge in [0.2, 0.25) is 10.0 Å². The van der Waals surface area contributed by atoms with Crippen LogP contribution < -0.4 is 10.0 Å². The van der Waals surface area contributed by atoms with Gasteiger partial charge in [-0.15, -0.1) is 12.4 Å². The van der Waals surface area contributed by atoms with E-state index in [4.69, 9.17) is 0 Å². The van der Waals surface area contributed by atoms with E-state index in [0.29, 0.717) is 12.6 Å². The van der Waals surface area contributed by atoms with E-state index < -0.39 is 31.3 Å². The third-order valence-electron chi connectivity index (χ3n) is 4.12. The van der Waals surface area contributed by atoms with Gasteiger partial charge in [-0.2, -0.15) is 0 Å². The van der Waals surface area contributed by atoms with Gasteiger partial charge in [-0.3, -0.25) is 10.1 Å². The molecule has 0 bridgehead atoms. The van der Waals surface area contributed by atoms with Crippen LogP contribution in [0.1, 0.15) is 38.5 Å². The van der Waals surface area contributed by atoms with E-state index in [1.54, 1.807) is 0 Å². The molecule has 0 spiro atoms. The highest BCUT2D eigenvalue weighted by Gasteiger charge is 2.29. The Bertz CT molecular complexity index is 679. The van der Waals surface area contributed by atoms with Crippen LogP contribution in [0.2, 0.25) is 0 Å². The Balaban J connectivity index is 0.00000312. The highest BCUT2D eigenvalue weighted by atomic mass is 35.5. The third kappa shape index (κ3) is 6.18. The van der Waals surface area contributed by atoms with Crippen molar-refractivity contribution in [2.45, 2.75) is 49.5 Å². The minimum atomic E-state index is -4.28. The van der Waals surface area contributed by atoms with Gasteiger partial charge in [0.25, 0.3) is 5.69 Å². The first-order valence-electron chi connectivity index (χ1n) is 8.08. The molecule has 0 amide bonds. The molecule has 1 aliphatic rings. The predicted molar refractivity (Wildman–Crippen MR) is 95.0 cm³/mol. The minimum absolute atomic E-state index is 0. The van der Waals surface area contributed by atoms with Gasteiger partial charge in [0.1, 0.15) is 5.82 Å². The summed E-state index contributed by atoms with van der Waals surface area (Å²) in [4.78, 5) is 9.11. The van der Waals surface area contributed by atoms with Gasteiger partial charge in [-0.25, -0.2) is 17.5 Å². The summed E-state index contributed by atoms with van der Waals surface area (Å²) in [5.41, 5.74) is -0.765. The molecule has 1 aliphatic carbocycles. The number of hydrogen-bond acceptors (Lipinski definition) is 5. The first-order chi connectivity index (χ1) is 11.4. The van der Waals surface area contributed by atoms with Crippen LogP contribution in [-0.4, -0.2) is 32.5 Å². The Morgan fingerprint density at radius 2 is 1.80 bits per heavy atom. The number of nitro groups is 1. The number of benzene rings is 1. The fourth-order valence-electron chi connectivity index (χ4n) is 2.92. The Kier molecular flexibility index (Phi) is 8.70. The van der Waals surface area contributed by atoms with Crippen molar-refractivity contribution in [1.29, 1.82) is 0 Å². The van der Waals surface area contributed by atoms with Crippen LogP contribution in [0.3, 0.4) is 0 Å². The molecule has 1 aromatic rings. The summed E-state index contributed by atoms with van der Waals surface area (Å²) >= 11 is 0. The second-order valence-electron chi connectivity index (χ2n) is 5.89. The maximum absolute atomic E-state index is 13.8. The van der Waals surface area contributed by atoms with Crippen molar-refractivity contribution in [3.8, 4) is 0 Å². The lowest BCUT2D eigenvalue weighted by Gasteiger charge is -2.16. The number of nitrogens with zero attached hydrogens (tertiary/aromatic N) is 1. The van der Waals surface area contributed by atoms with Crippen LogP contribution in [0, 0.1) is 15.9 Å². The normalized spacial score (nSPS) is 16.0. The molecule has 0 saturated heterocycles. The van der Waals surface area contributed by atoms with Gasteiger partial charge < -0.3 is 5.32 Å². The van der Waals surface area contributed by atoms with Gasteiger partial charge in [0.05, 0.1) is 4.92 Å². The molecule has 1 saturated carbocycles. The van der Waals surface area contributed by atoms with Crippen molar-refractivity contribution in [2.24, 2.45) is 0 Å². The van der Waals surface area contributed by atoms with Crippen molar-refractivity contribution in [1.82, 2.24) is 10.0 Å². The molecule has 1 fully saturated rings. The fourth-order valence-corrected chi connectivity index (χ4v) is 4.18. The molecule has 0 radical (unpaired) electrons. The van der Waals surface area contributed by atoms with Crippen LogP contribution >= 0.6 is 12.4 Å². The van der Waals surface area contributed by atoms with Crippen LogP contribution in [0.5, 0.6) is 0 Å². The first-order valence-corrected chi connectivity index (χ1v) is 9.56. The van der Waals surface area contributed by atoms with E-state index in [0.717, 1.165) is 43.9 Å². The summed E-state index contributed by atoms with van der Waals surface area (Å²) in [6, 6.07) is 3.34. The number of nitro benzene ring substituents is 1. The lowest BCUT2D eigenvalue weighted by molar-refractivity contribution is -0.388. The standard InChI is InChI=1S/C15H22FN3O4S.ClH/c16-13-8-5-9-14(19(20)21)15(13)24(22,23)18-11-10-17-12-6-3-1-2-4-7-12;/h5,8-9,12,17-18H,1-4,6-7,10-11H2;1H. The molecule has 2 N–H and O–H groups in total. The van der Waals surface area contributed by atoms with Crippen LogP contribution in [0.25, 0.3) is 0 Å². The zero-order valence-corrected chi connectivity index (χ0v) is 15.4. The lowest BCUT2D eigenvalue weighted by Crippen LogP contribution is -2.37. The van der Waals surface area contributed by atoms with Crippen LogP contribution in [-0.2, 0) is 10.0 Å². The van der Waals surface area contributed by atoms with E-state index in [2.05, 4.69) is 10.0 Å². The molecule has 25 heavy (non-hydrogen) atoms. The zero-order chi connectivity index (χ0) is 17.6. The number of hydrogen-bond donors (Lipinski definition) is 2. The van der Waals surface area contributed by atoms with E-state index in [1.807, 2.05) is 0 Å². The summed E-state index contributed by atoms with van der Waals surface area (Å²) in [5, 5.41) is 14.2. The van der Waals surface area contributed by atoms with E-state index in [-0.39, 0.29) is 19.0 Å². The second-order valence-corrected chi connectivity index (χ2v) is 7.59. The second kappa shape index (κ2) is 10.0. The zero-order valence-electron chi connectivity index (χ0n) is 13.7. The van der Waals surface area contributed by atoms with Crippen molar-refractivity contribution in [2.75, 3.05) is 13.1 Å². The molecule has 142 valence electrons. The number of halogens is 2. The fraction of sp³-hybridized carbons (Fsp3) is 0.600. The van der Waals surface area contributed by atoms with E-state index >= 15 is 0 Å². The SMILES string of the molecule is Cl.O=[N+]([O-])c1cccc(F)c1S(=O)(=O)NCCNC1CCCCCC1. The maximum Gasteiger partial charge on any atom is 0.292 e. The topological polar surface area (TPSA) is 101 Å². The quantitative estimate of drug-likeness (QED) is 0.320. The first kappa shape index (κ1) is 21.8. The molecule has 2 rings (SSSR count). The summed E-state index contributed by atoms with van der Waals surface area (Å²) in [5.74, 6) is -1.13. The van der Waals surface area contributed by atoms with Gasteiger partial charge >= 0.3 is 0 Å². The van der Waals surface area contributed by atoms with Gasteiger partial charge in [-0.1, -0.05) is 31.7 Å². The van der Waals surface area contributed by atoms with E-state index in [1.165, 1.54) is 12.8 Å². The van der Waals surface area contributed by atoms with E-state index in [9.17, 15) is 22.9 Å². The van der Waals surface area contributed by atoms with Gasteiger partial charge in [0, 0.05) is 25.2 Å². The minimum Gasteiger partial charge on any atom is -0.313 e. The average molecular weight is 396 g/mol. The van der Waals surface area contributed by atoms with Crippen LogP contribution in [0.15, 0.2) is 23.1 Å². The maximum atomic E-state index is 13.8. The Morgan fingerprint density at radius 3 is 2.40 bits per heavy atom. The van der Waals surface area contributed by atoms with Crippen molar-refractivity contribution < 1.29 is 17.7 Å². The smallest absolute Gasteiger partial charge is 0.292 e. The molecular weight excluding hydrogens is 373 g/mol. The van der Waals surface area contributed by atoms with Crippen molar-refractivity contribution in [3.63, 3.8) is 0 Å². The molecule has 0 heterocycles. The number of nitrogens with one attached hydrogen (secondary N) is 2. The average Bonchev–Trinajstić information content (AvgIpc) is 2.79. The number of sulfonamides is 1. The lowest BCUT2D eigenvalue weighted by atomic mass is 10.1. The molecule has 1 aromatic carbocycles. The third-order valence-corrected chi connectivity index (χ3v) is 5.64. The van der Waals surface area contributed by atoms with Crippen LogP contribution in [0.4, 0.5) is 10.1 Å². The highest BCUT2D eigenvalue weighted by molar-refractivity contribution is 7.89. The molecule has 7 nitrogen and oxygen atoms in total. The molecule has 0 aromatic heterocycles. The number of rotatable bonds is 7. The summed E-state index contributed by atoms with van der Waals surface area (Å²) < 4.78 is 40.4. The summed E-state index contributed by atoms with van der Waals surface area (Å²) in [7, 11) is -4.28. The largest absolute Gasteiger partial charge is 0.313 e. The summed E-state index contributed by atoms with van der Waals surface area (Å²) in [6.45, 7) is 0.441. The van der Waals surface area contributed by atoms with Gasteiger partial charge in [-0.05, 0) is 18.9 Å². The molecule has 0 unspecified atom stereocenters.